The van der Waals surface area contributed by atoms with Crippen molar-refractivity contribution in [3.8, 4) is 0 Å². The fraction of sp³-hybridized carbons (Fsp3) is 0.211. The van der Waals surface area contributed by atoms with Crippen LogP contribution in [0.2, 0.25) is 0 Å². The summed E-state index contributed by atoms with van der Waals surface area (Å²) in [5, 5.41) is 6.06. The Labute approximate surface area is 125 Å². The first kappa shape index (κ1) is 13.8. The predicted molar refractivity (Wildman–Crippen MR) is 88.4 cm³/mol. The Morgan fingerprint density at radius 2 is 1.71 bits per heavy atom. The van der Waals surface area contributed by atoms with E-state index in [9.17, 15) is 0 Å². The largest absolute Gasteiger partial charge is 0.306 e. The number of hydrogen-bond acceptors (Lipinski definition) is 2. The minimum absolute atomic E-state index is 0.176. The number of rotatable bonds is 4. The molecule has 0 bridgehead atoms. The van der Waals surface area contributed by atoms with Crippen LogP contribution < -0.4 is 5.32 Å². The van der Waals surface area contributed by atoms with E-state index in [0.29, 0.717) is 0 Å². The molecular weight excluding hydrogens is 256 g/mol. The summed E-state index contributed by atoms with van der Waals surface area (Å²) in [6.07, 6.45) is 3.92. The van der Waals surface area contributed by atoms with Crippen LogP contribution >= 0.6 is 0 Å². The van der Waals surface area contributed by atoms with Crippen molar-refractivity contribution in [2.24, 2.45) is 0 Å². The number of fused-ring (bicyclic) bond motifs is 1. The Balaban J connectivity index is 2.19. The molecule has 0 aliphatic carbocycles. The highest BCUT2D eigenvalue weighted by Crippen LogP contribution is 2.29. The number of hydrogen-bond donors (Lipinski definition) is 1. The molecule has 1 unspecified atom stereocenters. The van der Waals surface area contributed by atoms with E-state index in [-0.39, 0.29) is 6.04 Å². The SMILES string of the molecule is CCNC(c1ccccc1C)c1cncc2ccccc12. The van der Waals surface area contributed by atoms with E-state index in [4.69, 9.17) is 0 Å². The molecule has 0 spiro atoms. The van der Waals surface area contributed by atoms with E-state index < -0.39 is 0 Å². The van der Waals surface area contributed by atoms with Crippen LogP contribution in [0.5, 0.6) is 0 Å². The molecule has 0 saturated heterocycles. The molecule has 1 heterocycles. The Bertz CT molecular complexity index is 744. The van der Waals surface area contributed by atoms with Crippen LogP contribution in [0.25, 0.3) is 10.8 Å². The Morgan fingerprint density at radius 3 is 2.52 bits per heavy atom. The van der Waals surface area contributed by atoms with Gasteiger partial charge in [0.05, 0.1) is 6.04 Å². The molecule has 2 aromatic carbocycles. The highest BCUT2D eigenvalue weighted by Gasteiger charge is 2.17. The normalized spacial score (nSPS) is 12.5. The fourth-order valence-corrected chi connectivity index (χ4v) is 2.87. The van der Waals surface area contributed by atoms with Crippen molar-refractivity contribution >= 4 is 10.8 Å². The first-order valence-corrected chi connectivity index (χ1v) is 7.43. The van der Waals surface area contributed by atoms with E-state index in [2.05, 4.69) is 72.7 Å². The molecule has 1 aromatic heterocycles. The highest BCUT2D eigenvalue weighted by atomic mass is 14.9. The van der Waals surface area contributed by atoms with Gasteiger partial charge in [-0.25, -0.2) is 0 Å². The van der Waals surface area contributed by atoms with Crippen LogP contribution in [-0.4, -0.2) is 11.5 Å². The van der Waals surface area contributed by atoms with Crippen LogP contribution in [0.3, 0.4) is 0 Å². The van der Waals surface area contributed by atoms with Gasteiger partial charge in [0.25, 0.3) is 0 Å². The molecule has 0 aliphatic rings. The molecule has 1 atom stereocenters. The van der Waals surface area contributed by atoms with Gasteiger partial charge in [-0.2, -0.15) is 0 Å². The lowest BCUT2D eigenvalue weighted by atomic mass is 9.93. The average Bonchev–Trinajstić information content (AvgIpc) is 2.53. The molecule has 0 fully saturated rings. The van der Waals surface area contributed by atoms with Crippen LogP contribution in [0.4, 0.5) is 0 Å². The molecule has 106 valence electrons. The Kier molecular flexibility index (Phi) is 3.98. The van der Waals surface area contributed by atoms with Crippen LogP contribution in [0.15, 0.2) is 60.9 Å². The predicted octanol–water partition coefficient (Wildman–Crippen LogP) is 4.24. The quantitative estimate of drug-likeness (QED) is 0.771. The van der Waals surface area contributed by atoms with E-state index in [1.165, 1.54) is 27.5 Å². The maximum Gasteiger partial charge on any atom is 0.0600 e. The average molecular weight is 276 g/mol. The maximum atomic E-state index is 4.43. The van der Waals surface area contributed by atoms with E-state index in [1.54, 1.807) is 0 Å². The van der Waals surface area contributed by atoms with Crippen molar-refractivity contribution < 1.29 is 0 Å². The van der Waals surface area contributed by atoms with Crippen molar-refractivity contribution in [2.45, 2.75) is 19.9 Å². The Morgan fingerprint density at radius 1 is 0.952 bits per heavy atom. The molecule has 0 amide bonds. The van der Waals surface area contributed by atoms with Gasteiger partial charge in [0.1, 0.15) is 0 Å². The molecule has 1 N–H and O–H groups in total. The summed E-state index contributed by atoms with van der Waals surface area (Å²) in [6.45, 7) is 5.23. The van der Waals surface area contributed by atoms with Crippen molar-refractivity contribution in [1.29, 1.82) is 0 Å². The van der Waals surface area contributed by atoms with Gasteiger partial charge in [-0.05, 0) is 35.5 Å². The number of aryl methyl sites for hydroxylation is 1. The molecule has 2 heteroatoms. The number of benzene rings is 2. The third-order valence-corrected chi connectivity index (χ3v) is 3.92. The second-order valence-corrected chi connectivity index (χ2v) is 5.30. The molecule has 21 heavy (non-hydrogen) atoms. The highest BCUT2D eigenvalue weighted by molar-refractivity contribution is 5.85. The molecular formula is C19H20N2. The monoisotopic (exact) mass is 276 g/mol. The number of nitrogens with one attached hydrogen (secondary N) is 1. The fourth-order valence-electron chi connectivity index (χ4n) is 2.87. The second-order valence-electron chi connectivity index (χ2n) is 5.30. The summed E-state index contributed by atoms with van der Waals surface area (Å²) < 4.78 is 0. The lowest BCUT2D eigenvalue weighted by Crippen LogP contribution is -2.23. The van der Waals surface area contributed by atoms with Gasteiger partial charge >= 0.3 is 0 Å². The van der Waals surface area contributed by atoms with Crippen molar-refractivity contribution in [1.82, 2.24) is 10.3 Å². The smallest absolute Gasteiger partial charge is 0.0600 e. The Hall–Kier alpha value is -2.19. The number of nitrogens with zero attached hydrogens (tertiary/aromatic N) is 1. The lowest BCUT2D eigenvalue weighted by Gasteiger charge is -2.22. The minimum atomic E-state index is 0.176. The third kappa shape index (κ3) is 2.67. The summed E-state index contributed by atoms with van der Waals surface area (Å²) in [4.78, 5) is 4.43. The van der Waals surface area contributed by atoms with Crippen molar-refractivity contribution in [3.05, 3.63) is 77.6 Å². The molecule has 3 rings (SSSR count). The van der Waals surface area contributed by atoms with E-state index >= 15 is 0 Å². The van der Waals surface area contributed by atoms with Gasteiger partial charge in [0.15, 0.2) is 0 Å². The van der Waals surface area contributed by atoms with Gasteiger partial charge in [0.2, 0.25) is 0 Å². The van der Waals surface area contributed by atoms with Gasteiger partial charge in [-0.15, -0.1) is 0 Å². The van der Waals surface area contributed by atoms with Crippen LogP contribution in [-0.2, 0) is 0 Å². The van der Waals surface area contributed by atoms with Crippen molar-refractivity contribution in [2.75, 3.05) is 6.54 Å². The summed E-state index contributed by atoms with van der Waals surface area (Å²) in [7, 11) is 0. The standard InChI is InChI=1S/C19H20N2/c1-3-21-19(16-10-6-4-8-14(16)2)18-13-20-12-15-9-5-7-11-17(15)18/h4-13,19,21H,3H2,1-2H3. The number of pyridine rings is 1. The topological polar surface area (TPSA) is 24.9 Å². The van der Waals surface area contributed by atoms with Gasteiger partial charge in [-0.3, -0.25) is 4.98 Å². The van der Waals surface area contributed by atoms with Crippen molar-refractivity contribution in [3.63, 3.8) is 0 Å². The molecule has 0 radical (unpaired) electrons. The summed E-state index contributed by atoms with van der Waals surface area (Å²) in [6, 6.07) is 17.2. The van der Waals surface area contributed by atoms with Gasteiger partial charge < -0.3 is 5.32 Å². The van der Waals surface area contributed by atoms with Gasteiger partial charge in [0, 0.05) is 17.8 Å². The summed E-state index contributed by atoms with van der Waals surface area (Å²) in [5.41, 5.74) is 3.86. The zero-order chi connectivity index (χ0) is 14.7. The van der Waals surface area contributed by atoms with E-state index in [0.717, 1.165) is 6.54 Å². The molecule has 2 nitrogen and oxygen atoms in total. The third-order valence-electron chi connectivity index (χ3n) is 3.92. The zero-order valence-electron chi connectivity index (χ0n) is 12.5. The molecule has 0 saturated carbocycles. The summed E-state index contributed by atoms with van der Waals surface area (Å²) >= 11 is 0. The van der Waals surface area contributed by atoms with Gasteiger partial charge in [-0.1, -0.05) is 55.5 Å². The maximum absolute atomic E-state index is 4.43. The minimum Gasteiger partial charge on any atom is -0.306 e. The number of aromatic nitrogens is 1. The van der Waals surface area contributed by atoms with Crippen LogP contribution in [0, 0.1) is 6.92 Å². The van der Waals surface area contributed by atoms with E-state index in [1.807, 2.05) is 12.4 Å². The molecule has 3 aromatic rings. The summed E-state index contributed by atoms with van der Waals surface area (Å²) in [5.74, 6) is 0. The van der Waals surface area contributed by atoms with Crippen LogP contribution in [0.1, 0.15) is 29.7 Å². The molecule has 0 aliphatic heterocycles. The second kappa shape index (κ2) is 6.06. The lowest BCUT2D eigenvalue weighted by molar-refractivity contribution is 0.630. The zero-order valence-corrected chi connectivity index (χ0v) is 12.5. The first-order chi connectivity index (χ1) is 10.3. The first-order valence-electron chi connectivity index (χ1n) is 7.43.